The molecule has 0 saturated heterocycles. The SMILES string of the molecule is N#CCc1cnc(N)c(C(F)F)c1CN. The van der Waals surface area contributed by atoms with Gasteiger partial charge >= 0.3 is 0 Å². The van der Waals surface area contributed by atoms with Crippen molar-refractivity contribution in [2.45, 2.75) is 19.4 Å². The normalized spacial score (nSPS) is 10.3. The molecule has 1 aromatic rings. The maximum absolute atomic E-state index is 12.6. The second-order valence-electron chi connectivity index (χ2n) is 2.90. The van der Waals surface area contributed by atoms with Crippen LogP contribution in [0.15, 0.2) is 6.20 Å². The molecule has 0 atom stereocenters. The lowest BCUT2D eigenvalue weighted by molar-refractivity contribution is 0.150. The van der Waals surface area contributed by atoms with Crippen molar-refractivity contribution in [2.75, 3.05) is 5.73 Å². The van der Waals surface area contributed by atoms with Crippen LogP contribution in [0.4, 0.5) is 14.6 Å². The van der Waals surface area contributed by atoms with Gasteiger partial charge in [0, 0.05) is 12.7 Å². The average Bonchev–Trinajstić information content (AvgIpc) is 2.19. The highest BCUT2D eigenvalue weighted by molar-refractivity contribution is 5.49. The zero-order valence-corrected chi connectivity index (χ0v) is 7.87. The molecular formula is C9H10F2N4. The summed E-state index contributed by atoms with van der Waals surface area (Å²) in [6.45, 7) is -0.0800. The molecule has 0 bridgehead atoms. The van der Waals surface area contributed by atoms with Crippen LogP contribution < -0.4 is 11.5 Å². The van der Waals surface area contributed by atoms with Crippen molar-refractivity contribution in [3.63, 3.8) is 0 Å². The molecule has 80 valence electrons. The molecule has 0 radical (unpaired) electrons. The van der Waals surface area contributed by atoms with E-state index in [9.17, 15) is 8.78 Å². The highest BCUT2D eigenvalue weighted by Gasteiger charge is 2.19. The Hall–Kier alpha value is -1.74. The van der Waals surface area contributed by atoms with Crippen molar-refractivity contribution in [1.29, 1.82) is 5.26 Å². The fourth-order valence-electron chi connectivity index (χ4n) is 1.34. The number of nitriles is 1. The van der Waals surface area contributed by atoms with Crippen LogP contribution in [0.3, 0.4) is 0 Å². The van der Waals surface area contributed by atoms with Crippen LogP contribution >= 0.6 is 0 Å². The minimum atomic E-state index is -2.73. The molecule has 0 saturated carbocycles. The van der Waals surface area contributed by atoms with Gasteiger partial charge in [0.25, 0.3) is 6.43 Å². The molecule has 1 rings (SSSR count). The number of alkyl halides is 2. The van der Waals surface area contributed by atoms with Crippen LogP contribution in [0.1, 0.15) is 23.1 Å². The van der Waals surface area contributed by atoms with Gasteiger partial charge in [0.15, 0.2) is 0 Å². The molecule has 15 heavy (non-hydrogen) atoms. The number of aromatic nitrogens is 1. The predicted molar refractivity (Wildman–Crippen MR) is 50.8 cm³/mol. The van der Waals surface area contributed by atoms with E-state index in [0.717, 1.165) is 0 Å². The van der Waals surface area contributed by atoms with E-state index in [2.05, 4.69) is 4.98 Å². The number of hydrogen-bond acceptors (Lipinski definition) is 4. The molecule has 0 aliphatic rings. The van der Waals surface area contributed by atoms with E-state index in [1.807, 2.05) is 6.07 Å². The van der Waals surface area contributed by atoms with E-state index in [0.29, 0.717) is 5.56 Å². The number of halogens is 2. The highest BCUT2D eigenvalue weighted by Crippen LogP contribution is 2.29. The first kappa shape index (κ1) is 11.3. The van der Waals surface area contributed by atoms with E-state index >= 15 is 0 Å². The van der Waals surface area contributed by atoms with E-state index in [1.54, 1.807) is 0 Å². The zero-order valence-electron chi connectivity index (χ0n) is 7.87. The minimum absolute atomic E-state index is 0.000463. The van der Waals surface area contributed by atoms with E-state index in [1.165, 1.54) is 6.20 Å². The van der Waals surface area contributed by atoms with Crippen molar-refractivity contribution >= 4 is 5.82 Å². The highest BCUT2D eigenvalue weighted by atomic mass is 19.3. The van der Waals surface area contributed by atoms with Gasteiger partial charge in [-0.15, -0.1) is 0 Å². The van der Waals surface area contributed by atoms with Gasteiger partial charge in [0.1, 0.15) is 5.82 Å². The Morgan fingerprint density at radius 1 is 1.53 bits per heavy atom. The lowest BCUT2D eigenvalue weighted by atomic mass is 10.0. The molecule has 4 N–H and O–H groups in total. The summed E-state index contributed by atoms with van der Waals surface area (Å²) in [7, 11) is 0. The third-order valence-corrected chi connectivity index (χ3v) is 2.04. The lowest BCUT2D eigenvalue weighted by Crippen LogP contribution is -2.10. The first-order valence-electron chi connectivity index (χ1n) is 4.23. The topological polar surface area (TPSA) is 88.7 Å². The Labute approximate surface area is 85.5 Å². The van der Waals surface area contributed by atoms with Crippen molar-refractivity contribution in [3.8, 4) is 6.07 Å². The van der Waals surface area contributed by atoms with Crippen molar-refractivity contribution in [3.05, 3.63) is 22.9 Å². The maximum Gasteiger partial charge on any atom is 0.267 e. The van der Waals surface area contributed by atoms with Gasteiger partial charge < -0.3 is 11.5 Å². The standard InChI is InChI=1S/C9H10F2N4/c10-8(11)7-6(3-13)5(1-2-12)4-15-9(7)14/h4,8H,1,3,13H2,(H2,14,15). The second kappa shape index (κ2) is 4.66. The van der Waals surface area contributed by atoms with Gasteiger partial charge in [-0.05, 0) is 11.1 Å². The number of anilines is 1. The number of nitrogens with zero attached hydrogens (tertiary/aromatic N) is 2. The molecule has 6 heteroatoms. The summed E-state index contributed by atoms with van der Waals surface area (Å²) in [5.74, 6) is -0.230. The van der Waals surface area contributed by atoms with Crippen LogP contribution in [0.25, 0.3) is 0 Å². The van der Waals surface area contributed by atoms with Gasteiger partial charge in [0.2, 0.25) is 0 Å². The van der Waals surface area contributed by atoms with Crippen molar-refractivity contribution in [2.24, 2.45) is 5.73 Å². The molecule has 0 fully saturated rings. The Balaban J connectivity index is 3.34. The smallest absolute Gasteiger partial charge is 0.267 e. The van der Waals surface area contributed by atoms with Crippen LogP contribution in [-0.4, -0.2) is 4.98 Å². The summed E-state index contributed by atoms with van der Waals surface area (Å²) < 4.78 is 25.3. The van der Waals surface area contributed by atoms with Gasteiger partial charge in [0.05, 0.1) is 18.1 Å². The molecule has 0 aromatic carbocycles. The average molecular weight is 212 g/mol. The largest absolute Gasteiger partial charge is 0.383 e. The van der Waals surface area contributed by atoms with E-state index in [-0.39, 0.29) is 29.9 Å². The van der Waals surface area contributed by atoms with Gasteiger partial charge in [-0.2, -0.15) is 5.26 Å². The van der Waals surface area contributed by atoms with Crippen molar-refractivity contribution < 1.29 is 8.78 Å². The minimum Gasteiger partial charge on any atom is -0.383 e. The fraction of sp³-hybridized carbons (Fsp3) is 0.333. The van der Waals surface area contributed by atoms with Gasteiger partial charge in [-0.25, -0.2) is 13.8 Å². The fourth-order valence-corrected chi connectivity index (χ4v) is 1.34. The molecule has 0 unspecified atom stereocenters. The Bertz CT molecular complexity index is 398. The summed E-state index contributed by atoms with van der Waals surface area (Å²) in [6, 6.07) is 1.86. The number of hydrogen-bond donors (Lipinski definition) is 2. The third kappa shape index (κ3) is 2.19. The van der Waals surface area contributed by atoms with Crippen molar-refractivity contribution in [1.82, 2.24) is 4.98 Å². The first-order valence-corrected chi connectivity index (χ1v) is 4.23. The second-order valence-corrected chi connectivity index (χ2v) is 2.90. The molecule has 0 amide bonds. The molecule has 0 aliphatic carbocycles. The maximum atomic E-state index is 12.6. The summed E-state index contributed by atoms with van der Waals surface area (Å²) >= 11 is 0. The van der Waals surface area contributed by atoms with Crippen LogP contribution in [-0.2, 0) is 13.0 Å². The van der Waals surface area contributed by atoms with Gasteiger partial charge in [-0.1, -0.05) is 0 Å². The summed E-state index contributed by atoms with van der Waals surface area (Å²) in [5.41, 5.74) is 11.0. The summed E-state index contributed by atoms with van der Waals surface area (Å²) in [6.07, 6.45) is -1.42. The quantitative estimate of drug-likeness (QED) is 0.785. The lowest BCUT2D eigenvalue weighted by Gasteiger charge is -2.12. The van der Waals surface area contributed by atoms with E-state index < -0.39 is 6.43 Å². The number of nitrogens with two attached hydrogens (primary N) is 2. The number of pyridine rings is 1. The Morgan fingerprint density at radius 3 is 2.67 bits per heavy atom. The molecular weight excluding hydrogens is 202 g/mol. The molecule has 0 aliphatic heterocycles. The van der Waals surface area contributed by atoms with Gasteiger partial charge in [-0.3, -0.25) is 0 Å². The number of nitrogen functional groups attached to an aromatic ring is 1. The molecule has 0 spiro atoms. The molecule has 4 nitrogen and oxygen atoms in total. The predicted octanol–water partition coefficient (Wildman–Crippen LogP) is 1.13. The first-order chi connectivity index (χ1) is 7.11. The zero-order chi connectivity index (χ0) is 11.4. The van der Waals surface area contributed by atoms with Crippen LogP contribution in [0.2, 0.25) is 0 Å². The summed E-state index contributed by atoms with van der Waals surface area (Å²) in [5, 5.41) is 8.50. The molecule has 1 heterocycles. The number of rotatable bonds is 3. The van der Waals surface area contributed by atoms with Crippen LogP contribution in [0.5, 0.6) is 0 Å². The third-order valence-electron chi connectivity index (χ3n) is 2.04. The molecule has 1 aromatic heterocycles. The van der Waals surface area contributed by atoms with E-state index in [4.69, 9.17) is 16.7 Å². The van der Waals surface area contributed by atoms with Crippen LogP contribution in [0, 0.1) is 11.3 Å². The summed E-state index contributed by atoms with van der Waals surface area (Å²) in [4.78, 5) is 3.62. The Kier molecular flexibility index (Phi) is 3.52. The monoisotopic (exact) mass is 212 g/mol. The Morgan fingerprint density at radius 2 is 2.20 bits per heavy atom.